The normalized spacial score (nSPS) is 18.1. The zero-order valence-corrected chi connectivity index (χ0v) is 17.7. The molecule has 1 saturated carbocycles. The molecule has 0 atom stereocenters. The van der Waals surface area contributed by atoms with Gasteiger partial charge in [-0.1, -0.05) is 19.3 Å². The highest BCUT2D eigenvalue weighted by atomic mass is 16.3. The molecule has 2 aliphatic rings. The number of carbonyl (C=O) groups is 1. The summed E-state index contributed by atoms with van der Waals surface area (Å²) in [5, 5.41) is 15.3. The maximum Gasteiger partial charge on any atom is 0.277 e. The molecule has 0 radical (unpaired) electrons. The molecule has 0 amide bonds. The van der Waals surface area contributed by atoms with Gasteiger partial charge in [0.2, 0.25) is 0 Å². The van der Waals surface area contributed by atoms with Gasteiger partial charge in [0, 0.05) is 37.7 Å². The van der Waals surface area contributed by atoms with Crippen molar-refractivity contribution in [2.24, 2.45) is 0 Å². The van der Waals surface area contributed by atoms with Crippen molar-refractivity contribution in [1.29, 1.82) is 0 Å². The van der Waals surface area contributed by atoms with E-state index >= 15 is 0 Å². The van der Waals surface area contributed by atoms with Crippen molar-refractivity contribution in [3.63, 3.8) is 0 Å². The largest absolute Gasteiger partial charge is 0.507 e. The molecule has 2 N–H and O–H groups in total. The number of fused-ring (bicyclic) bond motifs is 1. The van der Waals surface area contributed by atoms with Crippen LogP contribution >= 0.6 is 0 Å². The van der Waals surface area contributed by atoms with Crippen LogP contribution < -0.4 is 10.5 Å². The Bertz CT molecular complexity index is 1200. The van der Waals surface area contributed by atoms with Gasteiger partial charge in [-0.15, -0.1) is 0 Å². The van der Waals surface area contributed by atoms with E-state index in [0.29, 0.717) is 48.4 Å². The Morgan fingerprint density at radius 1 is 1.10 bits per heavy atom. The van der Waals surface area contributed by atoms with Gasteiger partial charge >= 0.3 is 0 Å². The Balaban J connectivity index is 1.51. The number of anilines is 1. The first-order chi connectivity index (χ1) is 15.0. The van der Waals surface area contributed by atoms with Crippen molar-refractivity contribution in [3.05, 3.63) is 34.2 Å². The smallest absolute Gasteiger partial charge is 0.277 e. The van der Waals surface area contributed by atoms with Crippen LogP contribution in [0.4, 0.5) is 5.69 Å². The van der Waals surface area contributed by atoms with Crippen LogP contribution in [0.5, 0.6) is 5.75 Å². The highest BCUT2D eigenvalue weighted by Crippen LogP contribution is 2.33. The Hall–Kier alpha value is -3.16. The highest BCUT2D eigenvalue weighted by Gasteiger charge is 2.23. The molecule has 5 rings (SSSR count). The fourth-order valence-corrected chi connectivity index (χ4v) is 4.84. The molecule has 8 heteroatoms. The van der Waals surface area contributed by atoms with Crippen molar-refractivity contribution >= 4 is 22.5 Å². The second-order valence-corrected chi connectivity index (χ2v) is 8.66. The minimum Gasteiger partial charge on any atom is -0.507 e. The second-order valence-electron chi connectivity index (χ2n) is 8.66. The van der Waals surface area contributed by atoms with E-state index in [-0.39, 0.29) is 23.1 Å². The van der Waals surface area contributed by atoms with Crippen LogP contribution in [-0.4, -0.2) is 43.7 Å². The van der Waals surface area contributed by atoms with Crippen LogP contribution in [0.1, 0.15) is 56.7 Å². The average Bonchev–Trinajstić information content (AvgIpc) is 3.12. The first-order valence-corrected chi connectivity index (χ1v) is 11.1. The fraction of sp³-hybridized carbons (Fsp3) is 0.478. The van der Waals surface area contributed by atoms with Crippen molar-refractivity contribution < 1.29 is 9.90 Å². The van der Waals surface area contributed by atoms with E-state index in [1.54, 1.807) is 12.1 Å². The zero-order chi connectivity index (χ0) is 21.5. The molecular formula is C23H27N5O3. The highest BCUT2D eigenvalue weighted by molar-refractivity contribution is 5.82. The summed E-state index contributed by atoms with van der Waals surface area (Å²) in [6.07, 6.45) is 6.65. The molecular weight excluding hydrogens is 394 g/mol. The number of hydrogen-bond acceptors (Lipinski definition) is 6. The number of phenols is 1. The molecule has 3 aromatic rings. The van der Waals surface area contributed by atoms with Gasteiger partial charge in [0.15, 0.2) is 5.52 Å². The fourth-order valence-electron chi connectivity index (χ4n) is 4.84. The molecule has 3 heterocycles. The van der Waals surface area contributed by atoms with E-state index in [1.165, 1.54) is 6.42 Å². The van der Waals surface area contributed by atoms with Gasteiger partial charge in [0.1, 0.15) is 22.9 Å². The molecule has 0 bridgehead atoms. The van der Waals surface area contributed by atoms with Gasteiger partial charge in [-0.3, -0.25) is 14.3 Å². The molecule has 8 nitrogen and oxygen atoms in total. The first kappa shape index (κ1) is 19.8. The molecule has 2 fully saturated rings. The number of carbonyl (C=O) groups excluding carboxylic acids is 1. The Kier molecular flexibility index (Phi) is 5.00. The number of rotatable bonds is 3. The summed E-state index contributed by atoms with van der Waals surface area (Å²) in [5.74, 6) is 0.659. The van der Waals surface area contributed by atoms with Gasteiger partial charge in [-0.2, -0.15) is 5.10 Å². The van der Waals surface area contributed by atoms with Crippen LogP contribution in [0.3, 0.4) is 0 Å². The lowest BCUT2D eigenvalue weighted by atomic mass is 9.95. The molecule has 0 spiro atoms. The topological polar surface area (TPSA) is 104 Å². The van der Waals surface area contributed by atoms with Gasteiger partial charge in [0.25, 0.3) is 5.56 Å². The Labute approximate surface area is 179 Å². The van der Waals surface area contributed by atoms with Gasteiger partial charge in [-0.25, -0.2) is 4.98 Å². The second kappa shape index (κ2) is 7.83. The van der Waals surface area contributed by atoms with Crippen LogP contribution in [0.25, 0.3) is 22.4 Å². The van der Waals surface area contributed by atoms with E-state index in [2.05, 4.69) is 20.0 Å². The lowest BCUT2D eigenvalue weighted by Gasteiger charge is -2.28. The van der Waals surface area contributed by atoms with E-state index < -0.39 is 0 Å². The third kappa shape index (κ3) is 3.60. The molecule has 1 aliphatic heterocycles. The summed E-state index contributed by atoms with van der Waals surface area (Å²) in [6, 6.07) is 5.58. The summed E-state index contributed by atoms with van der Waals surface area (Å²) in [7, 11) is 0. The average molecular weight is 422 g/mol. The minimum atomic E-state index is -0.232. The zero-order valence-electron chi connectivity index (χ0n) is 17.7. The Morgan fingerprint density at radius 3 is 2.55 bits per heavy atom. The van der Waals surface area contributed by atoms with Gasteiger partial charge < -0.3 is 15.0 Å². The third-order valence-electron chi connectivity index (χ3n) is 6.57. The number of benzene rings is 1. The van der Waals surface area contributed by atoms with Gasteiger partial charge in [0.05, 0.1) is 17.3 Å². The number of nitrogens with one attached hydrogen (secondary N) is 1. The predicted octanol–water partition coefficient (Wildman–Crippen LogP) is 3.48. The van der Waals surface area contributed by atoms with E-state index in [9.17, 15) is 14.7 Å². The number of piperidine rings is 1. The predicted molar refractivity (Wildman–Crippen MR) is 119 cm³/mol. The molecule has 1 aromatic carbocycles. The molecule has 31 heavy (non-hydrogen) atoms. The molecule has 162 valence electrons. The number of aromatic nitrogens is 4. The number of aromatic amines is 1. The standard InChI is InChI=1S/C23H27N5O3/c1-14-20-21(28(26-14)15-5-3-2-4-6-15)23(31)25-22(24-20)18-8-7-16(13-19(18)30)27-11-9-17(29)10-12-27/h7-8,13,15,30H,2-6,9-12H2,1H3,(H,24,25,31). The van der Waals surface area contributed by atoms with Crippen molar-refractivity contribution in [2.45, 2.75) is 57.9 Å². The number of ketones is 1. The summed E-state index contributed by atoms with van der Waals surface area (Å²) in [4.78, 5) is 34.1. The summed E-state index contributed by atoms with van der Waals surface area (Å²) >= 11 is 0. The maximum absolute atomic E-state index is 13.0. The summed E-state index contributed by atoms with van der Waals surface area (Å²) in [5.41, 5.74) is 2.93. The molecule has 2 aromatic heterocycles. The van der Waals surface area contributed by atoms with Gasteiger partial charge in [-0.05, 0) is 31.9 Å². The number of aromatic hydroxyl groups is 1. The van der Waals surface area contributed by atoms with Crippen molar-refractivity contribution in [2.75, 3.05) is 18.0 Å². The van der Waals surface area contributed by atoms with Crippen molar-refractivity contribution in [3.8, 4) is 17.1 Å². The summed E-state index contributed by atoms with van der Waals surface area (Å²) < 4.78 is 1.86. The van der Waals surface area contributed by atoms with Crippen LogP contribution in [-0.2, 0) is 4.79 Å². The van der Waals surface area contributed by atoms with Crippen molar-refractivity contribution in [1.82, 2.24) is 19.7 Å². The third-order valence-corrected chi connectivity index (χ3v) is 6.57. The van der Waals surface area contributed by atoms with Crippen LogP contribution in [0.15, 0.2) is 23.0 Å². The van der Waals surface area contributed by atoms with Crippen LogP contribution in [0, 0.1) is 6.92 Å². The number of hydrogen-bond donors (Lipinski definition) is 2. The lowest BCUT2D eigenvalue weighted by Crippen LogP contribution is -2.33. The number of phenolic OH excluding ortho intramolecular Hbond substituents is 1. The SMILES string of the molecule is Cc1nn(C2CCCCC2)c2c(=O)[nH]c(-c3ccc(N4CCC(=O)CC4)cc3O)nc12. The number of Topliss-reactive ketones (excluding diaryl/α,β-unsaturated/α-hetero) is 1. The van der Waals surface area contributed by atoms with Crippen LogP contribution in [0.2, 0.25) is 0 Å². The van der Waals surface area contributed by atoms with E-state index in [4.69, 9.17) is 0 Å². The summed E-state index contributed by atoms with van der Waals surface area (Å²) in [6.45, 7) is 3.18. The first-order valence-electron chi connectivity index (χ1n) is 11.1. The quantitative estimate of drug-likeness (QED) is 0.671. The monoisotopic (exact) mass is 421 g/mol. The van der Waals surface area contributed by atoms with E-state index in [1.807, 2.05) is 17.7 Å². The minimum absolute atomic E-state index is 0.0502. The number of aryl methyl sites for hydroxylation is 1. The number of nitrogens with zero attached hydrogens (tertiary/aromatic N) is 4. The number of H-pyrrole nitrogens is 1. The molecule has 0 unspecified atom stereocenters. The Morgan fingerprint density at radius 2 is 1.84 bits per heavy atom. The maximum atomic E-state index is 13.0. The lowest BCUT2D eigenvalue weighted by molar-refractivity contribution is -0.119. The van der Waals surface area contributed by atoms with E-state index in [0.717, 1.165) is 37.1 Å². The molecule has 1 aliphatic carbocycles. The molecule has 1 saturated heterocycles.